The van der Waals surface area contributed by atoms with Gasteiger partial charge in [-0.05, 0) is 17.8 Å². The van der Waals surface area contributed by atoms with Crippen molar-refractivity contribution in [2.24, 2.45) is 0 Å². The van der Waals surface area contributed by atoms with E-state index < -0.39 is 12.0 Å². The van der Waals surface area contributed by atoms with E-state index in [1.807, 2.05) is 6.07 Å². The molecule has 0 aliphatic carbocycles. The number of aliphatic hydroxyl groups is 1. The van der Waals surface area contributed by atoms with E-state index in [1.165, 1.54) is 0 Å². The van der Waals surface area contributed by atoms with Crippen molar-refractivity contribution < 1.29 is 9.90 Å². The maximum Gasteiger partial charge on any atom is 0.271 e. The minimum atomic E-state index is -1.21. The van der Waals surface area contributed by atoms with E-state index in [9.17, 15) is 9.90 Å². The number of thiocarbonyl (C=S) groups is 1. The number of hydrazine groups is 1. The van der Waals surface area contributed by atoms with Gasteiger partial charge in [-0.1, -0.05) is 30.3 Å². The van der Waals surface area contributed by atoms with Crippen LogP contribution in [0.15, 0.2) is 30.3 Å². The first kappa shape index (κ1) is 12.4. The molecule has 86 valence electrons. The van der Waals surface area contributed by atoms with Crippen molar-refractivity contribution >= 4 is 23.2 Å². The molecule has 1 rings (SSSR count). The second-order valence-corrected chi connectivity index (χ2v) is 3.41. The van der Waals surface area contributed by atoms with Gasteiger partial charge in [-0.25, -0.2) is 0 Å². The minimum absolute atomic E-state index is 0.272. The molecule has 0 fully saturated rings. The molecule has 1 atom stereocenters. The highest BCUT2D eigenvalue weighted by atomic mass is 32.1. The summed E-state index contributed by atoms with van der Waals surface area (Å²) in [4.78, 5) is 11.5. The zero-order chi connectivity index (χ0) is 12.0. The molecule has 0 saturated heterocycles. The summed E-state index contributed by atoms with van der Waals surface area (Å²) in [5, 5.41) is 12.6. The zero-order valence-electron chi connectivity index (χ0n) is 8.73. The number of carbonyl (C=O) groups excluding carboxylic acids is 1. The van der Waals surface area contributed by atoms with Gasteiger partial charge in [-0.2, -0.15) is 0 Å². The summed E-state index contributed by atoms with van der Waals surface area (Å²) in [6.45, 7) is 0. The summed E-state index contributed by atoms with van der Waals surface area (Å²) >= 11 is 4.76. The van der Waals surface area contributed by atoms with Crippen molar-refractivity contribution in [3.8, 4) is 0 Å². The molecular weight excluding hydrogens is 226 g/mol. The Kier molecular flexibility index (Phi) is 4.68. The molecular formula is C10H13N3O2S. The number of hydrogen-bond donors (Lipinski definition) is 4. The molecule has 0 bridgehead atoms. The molecule has 0 aromatic heterocycles. The van der Waals surface area contributed by atoms with Crippen LogP contribution in [0.1, 0.15) is 11.7 Å². The summed E-state index contributed by atoms with van der Waals surface area (Å²) in [6.07, 6.45) is -1.21. The lowest BCUT2D eigenvalue weighted by molar-refractivity contribution is -0.130. The summed E-state index contributed by atoms with van der Waals surface area (Å²) < 4.78 is 0. The second kappa shape index (κ2) is 6.04. The first-order valence-electron chi connectivity index (χ1n) is 4.65. The lowest BCUT2D eigenvalue weighted by atomic mass is 10.1. The van der Waals surface area contributed by atoms with E-state index in [1.54, 1.807) is 31.3 Å². The van der Waals surface area contributed by atoms with Gasteiger partial charge in [0, 0.05) is 7.05 Å². The molecule has 0 aliphatic rings. The summed E-state index contributed by atoms with van der Waals surface area (Å²) in [7, 11) is 1.62. The van der Waals surface area contributed by atoms with Gasteiger partial charge in [-0.15, -0.1) is 0 Å². The fraction of sp³-hybridized carbons (Fsp3) is 0.200. The van der Waals surface area contributed by atoms with Crippen LogP contribution in [-0.2, 0) is 4.79 Å². The number of rotatable bonds is 2. The van der Waals surface area contributed by atoms with Crippen molar-refractivity contribution in [2.45, 2.75) is 6.10 Å². The maximum atomic E-state index is 11.5. The van der Waals surface area contributed by atoms with E-state index in [4.69, 9.17) is 12.2 Å². The fourth-order valence-corrected chi connectivity index (χ4v) is 1.09. The SMILES string of the molecule is CNC(=S)NNC(=O)[C@@H](O)c1ccccc1. The van der Waals surface area contributed by atoms with Gasteiger partial charge in [0.2, 0.25) is 0 Å². The van der Waals surface area contributed by atoms with Crippen LogP contribution in [0.5, 0.6) is 0 Å². The molecule has 1 amide bonds. The minimum Gasteiger partial charge on any atom is -0.378 e. The van der Waals surface area contributed by atoms with Crippen molar-refractivity contribution in [3.05, 3.63) is 35.9 Å². The van der Waals surface area contributed by atoms with Crippen LogP contribution in [0.25, 0.3) is 0 Å². The third kappa shape index (κ3) is 3.48. The Morgan fingerprint density at radius 1 is 1.31 bits per heavy atom. The molecule has 1 aromatic carbocycles. The average molecular weight is 239 g/mol. The van der Waals surface area contributed by atoms with Crippen molar-refractivity contribution in [1.29, 1.82) is 0 Å². The molecule has 0 radical (unpaired) electrons. The van der Waals surface area contributed by atoms with Gasteiger partial charge < -0.3 is 10.4 Å². The van der Waals surface area contributed by atoms with E-state index in [0.717, 1.165) is 0 Å². The van der Waals surface area contributed by atoms with E-state index >= 15 is 0 Å². The zero-order valence-corrected chi connectivity index (χ0v) is 9.54. The van der Waals surface area contributed by atoms with Gasteiger partial charge in [-0.3, -0.25) is 15.6 Å². The van der Waals surface area contributed by atoms with E-state index in [0.29, 0.717) is 5.56 Å². The van der Waals surface area contributed by atoms with Crippen LogP contribution >= 0.6 is 12.2 Å². The third-order valence-electron chi connectivity index (χ3n) is 1.89. The third-order valence-corrected chi connectivity index (χ3v) is 2.20. The van der Waals surface area contributed by atoms with Crippen molar-refractivity contribution in [2.75, 3.05) is 7.05 Å². The van der Waals surface area contributed by atoms with E-state index in [-0.39, 0.29) is 5.11 Å². The largest absolute Gasteiger partial charge is 0.378 e. The highest BCUT2D eigenvalue weighted by Crippen LogP contribution is 2.11. The normalized spacial score (nSPS) is 11.4. The second-order valence-electron chi connectivity index (χ2n) is 3.01. The molecule has 5 nitrogen and oxygen atoms in total. The van der Waals surface area contributed by atoms with Crippen molar-refractivity contribution in [1.82, 2.24) is 16.2 Å². The molecule has 16 heavy (non-hydrogen) atoms. The Hall–Kier alpha value is -1.66. The van der Waals surface area contributed by atoms with Crippen LogP contribution in [-0.4, -0.2) is 23.2 Å². The van der Waals surface area contributed by atoms with Crippen LogP contribution in [0, 0.1) is 0 Å². The Morgan fingerprint density at radius 2 is 1.94 bits per heavy atom. The predicted molar refractivity (Wildman–Crippen MR) is 64.3 cm³/mol. The van der Waals surface area contributed by atoms with Gasteiger partial charge in [0.05, 0.1) is 0 Å². The topological polar surface area (TPSA) is 73.4 Å². The molecule has 0 saturated carbocycles. The van der Waals surface area contributed by atoms with Crippen molar-refractivity contribution in [3.63, 3.8) is 0 Å². The van der Waals surface area contributed by atoms with Gasteiger partial charge in [0.1, 0.15) is 0 Å². The number of benzene rings is 1. The number of nitrogens with one attached hydrogen (secondary N) is 3. The predicted octanol–water partition coefficient (Wildman–Crippen LogP) is -0.155. The standard InChI is InChI=1S/C10H13N3O2S/c1-11-10(16)13-12-9(15)8(14)7-5-3-2-4-6-7/h2-6,8,14H,1H3,(H,12,15)(H2,11,13,16)/t8-/m0/s1. The Morgan fingerprint density at radius 3 is 2.50 bits per heavy atom. The fourth-order valence-electron chi connectivity index (χ4n) is 1.04. The Labute approximate surface area is 98.8 Å². The lowest BCUT2D eigenvalue weighted by Gasteiger charge is -2.13. The summed E-state index contributed by atoms with van der Waals surface area (Å²) in [6, 6.07) is 8.64. The molecule has 0 spiro atoms. The van der Waals surface area contributed by atoms with Gasteiger partial charge >= 0.3 is 0 Å². The molecule has 4 N–H and O–H groups in total. The monoisotopic (exact) mass is 239 g/mol. The highest BCUT2D eigenvalue weighted by molar-refractivity contribution is 7.80. The number of aliphatic hydroxyl groups excluding tert-OH is 1. The van der Waals surface area contributed by atoms with Crippen LogP contribution in [0.3, 0.4) is 0 Å². The Balaban J connectivity index is 2.52. The highest BCUT2D eigenvalue weighted by Gasteiger charge is 2.16. The number of carbonyl (C=O) groups is 1. The van der Waals surface area contributed by atoms with Crippen LogP contribution in [0.2, 0.25) is 0 Å². The van der Waals surface area contributed by atoms with Crippen LogP contribution in [0.4, 0.5) is 0 Å². The molecule has 6 heteroatoms. The summed E-state index contributed by atoms with van der Waals surface area (Å²) in [5.41, 5.74) is 5.26. The van der Waals surface area contributed by atoms with Gasteiger partial charge in [0.25, 0.3) is 5.91 Å². The number of amides is 1. The van der Waals surface area contributed by atoms with Crippen LogP contribution < -0.4 is 16.2 Å². The quantitative estimate of drug-likeness (QED) is 0.426. The van der Waals surface area contributed by atoms with E-state index in [2.05, 4.69) is 16.2 Å². The lowest BCUT2D eigenvalue weighted by Crippen LogP contribution is -2.47. The first-order valence-corrected chi connectivity index (χ1v) is 5.06. The smallest absolute Gasteiger partial charge is 0.271 e. The first-order chi connectivity index (χ1) is 7.65. The Bertz CT molecular complexity index is 370. The molecule has 0 heterocycles. The maximum absolute atomic E-state index is 11.5. The average Bonchev–Trinajstić information content (AvgIpc) is 2.35. The van der Waals surface area contributed by atoms with Gasteiger partial charge in [0.15, 0.2) is 11.2 Å². The molecule has 1 aromatic rings. The molecule has 0 unspecified atom stereocenters. The summed E-state index contributed by atoms with van der Waals surface area (Å²) in [5.74, 6) is -0.566. The molecule has 0 aliphatic heterocycles. The number of hydrogen-bond acceptors (Lipinski definition) is 3.